The van der Waals surface area contributed by atoms with Gasteiger partial charge in [0.05, 0.1) is 23.4 Å². The van der Waals surface area contributed by atoms with Crippen molar-refractivity contribution in [2.24, 2.45) is 0 Å². The lowest BCUT2D eigenvalue weighted by Gasteiger charge is -2.15. The molecule has 0 spiro atoms. The number of anilines is 1. The van der Waals surface area contributed by atoms with Crippen LogP contribution in [0.2, 0.25) is 0 Å². The minimum absolute atomic E-state index is 0.0386. The van der Waals surface area contributed by atoms with Gasteiger partial charge in [-0.3, -0.25) is 4.79 Å². The number of fused-ring (bicyclic) bond motifs is 1. The van der Waals surface area contributed by atoms with Gasteiger partial charge in [0.15, 0.2) is 0 Å². The number of carbonyl (C=O) groups is 1. The fraction of sp³-hybridized carbons (Fsp3) is 0.263. The molecule has 0 unspecified atom stereocenters. The van der Waals surface area contributed by atoms with Crippen LogP contribution in [0.25, 0.3) is 10.2 Å². The molecule has 4 aromatic rings. The van der Waals surface area contributed by atoms with Gasteiger partial charge in [-0.1, -0.05) is 0 Å². The van der Waals surface area contributed by atoms with E-state index in [2.05, 4.69) is 20.3 Å². The molecule has 0 fully saturated rings. The van der Waals surface area contributed by atoms with Crippen molar-refractivity contribution in [3.8, 4) is 0 Å². The van der Waals surface area contributed by atoms with Crippen molar-refractivity contribution >= 4 is 44.6 Å². The average molecular weight is 414 g/mol. The predicted octanol–water partition coefficient (Wildman–Crippen LogP) is 4.24. The quantitative estimate of drug-likeness (QED) is 0.509. The number of amides is 1. The number of nitrogens with one attached hydrogen (secondary N) is 1. The Labute approximate surface area is 170 Å². The monoisotopic (exact) mass is 413 g/mol. The molecule has 28 heavy (non-hydrogen) atoms. The van der Waals surface area contributed by atoms with Gasteiger partial charge in [-0.05, 0) is 31.5 Å². The van der Waals surface area contributed by atoms with Gasteiger partial charge in [-0.2, -0.15) is 0 Å². The number of thiazole rings is 1. The Morgan fingerprint density at radius 3 is 2.82 bits per heavy atom. The number of furan rings is 1. The number of carbonyl (C=O) groups excluding carboxylic acids is 1. The summed E-state index contributed by atoms with van der Waals surface area (Å²) in [5.41, 5.74) is 0.884. The van der Waals surface area contributed by atoms with E-state index in [0.29, 0.717) is 23.8 Å². The minimum Gasteiger partial charge on any atom is -0.465 e. The molecule has 1 N–H and O–H groups in total. The fourth-order valence-corrected chi connectivity index (χ4v) is 4.75. The summed E-state index contributed by atoms with van der Waals surface area (Å²) in [5, 5.41) is 7.00. The summed E-state index contributed by atoms with van der Waals surface area (Å²) in [7, 11) is 1.79. The molecule has 0 saturated heterocycles. The van der Waals surface area contributed by atoms with Crippen LogP contribution < -0.4 is 5.32 Å². The molecule has 0 aliphatic rings. The Morgan fingerprint density at radius 1 is 1.25 bits per heavy atom. The molecule has 0 aromatic carbocycles. The van der Waals surface area contributed by atoms with Gasteiger partial charge in [0.1, 0.15) is 33.5 Å². The Bertz CT molecular complexity index is 1120. The molecule has 0 atom stereocenters. The Morgan fingerprint density at radius 2 is 2.11 bits per heavy atom. The molecule has 0 radical (unpaired) electrons. The lowest BCUT2D eigenvalue weighted by atomic mass is 10.2. The highest BCUT2D eigenvalue weighted by atomic mass is 32.1. The van der Waals surface area contributed by atoms with Crippen LogP contribution in [-0.2, 0) is 13.1 Å². The maximum Gasteiger partial charge on any atom is 0.264 e. The Kier molecular flexibility index (Phi) is 5.10. The zero-order valence-electron chi connectivity index (χ0n) is 15.7. The van der Waals surface area contributed by atoms with Crippen molar-refractivity contribution in [2.45, 2.75) is 26.9 Å². The SMILES string of the molecule is Cc1ccc(CNc2ncnc3sc(C(=O)N(C)Cc4nccs4)c(C)c23)o1. The van der Waals surface area contributed by atoms with Crippen LogP contribution in [0, 0.1) is 13.8 Å². The minimum atomic E-state index is -0.0386. The first-order valence-corrected chi connectivity index (χ1v) is 10.4. The lowest BCUT2D eigenvalue weighted by molar-refractivity contribution is 0.0789. The number of hydrogen-bond acceptors (Lipinski definition) is 8. The highest BCUT2D eigenvalue weighted by molar-refractivity contribution is 7.20. The first-order valence-electron chi connectivity index (χ1n) is 8.70. The fourth-order valence-electron chi connectivity index (χ4n) is 2.94. The van der Waals surface area contributed by atoms with Crippen molar-refractivity contribution < 1.29 is 9.21 Å². The number of hydrogen-bond donors (Lipinski definition) is 1. The van der Waals surface area contributed by atoms with Crippen LogP contribution in [0.1, 0.15) is 31.8 Å². The van der Waals surface area contributed by atoms with Crippen molar-refractivity contribution in [1.29, 1.82) is 0 Å². The molecule has 4 heterocycles. The largest absolute Gasteiger partial charge is 0.465 e. The van der Waals surface area contributed by atoms with Gasteiger partial charge in [-0.15, -0.1) is 22.7 Å². The van der Waals surface area contributed by atoms with E-state index in [1.165, 1.54) is 29.0 Å². The third-order valence-corrected chi connectivity index (χ3v) is 6.30. The van der Waals surface area contributed by atoms with Crippen molar-refractivity contribution in [3.63, 3.8) is 0 Å². The van der Waals surface area contributed by atoms with Crippen LogP contribution in [0.15, 0.2) is 34.5 Å². The molecule has 144 valence electrons. The number of thiophene rings is 1. The standard InChI is InChI=1S/C19H19N5O2S2/c1-11-4-5-13(26-11)8-21-17-15-12(2)16(28-18(15)23-10-22-17)19(25)24(3)9-14-20-6-7-27-14/h4-7,10H,8-9H2,1-3H3,(H,21,22,23). The zero-order valence-corrected chi connectivity index (χ0v) is 17.4. The summed E-state index contributed by atoms with van der Waals surface area (Å²) in [6.07, 6.45) is 3.26. The normalized spacial score (nSPS) is 11.1. The van der Waals surface area contributed by atoms with E-state index in [-0.39, 0.29) is 5.91 Å². The molecular formula is C19H19N5O2S2. The predicted molar refractivity (Wildman–Crippen MR) is 111 cm³/mol. The first kappa shape index (κ1) is 18.6. The van der Waals surface area contributed by atoms with Crippen LogP contribution in [0.5, 0.6) is 0 Å². The highest BCUT2D eigenvalue weighted by Crippen LogP contribution is 2.34. The molecular weight excluding hydrogens is 394 g/mol. The topological polar surface area (TPSA) is 84.2 Å². The number of aromatic nitrogens is 3. The van der Waals surface area contributed by atoms with E-state index in [4.69, 9.17) is 4.42 Å². The summed E-state index contributed by atoms with van der Waals surface area (Å²) < 4.78 is 5.60. The summed E-state index contributed by atoms with van der Waals surface area (Å²) in [6.45, 7) is 4.85. The molecule has 9 heteroatoms. The van der Waals surface area contributed by atoms with Gasteiger partial charge in [0.25, 0.3) is 5.91 Å². The second kappa shape index (κ2) is 7.69. The maximum absolute atomic E-state index is 13.0. The molecule has 0 aliphatic heterocycles. The molecule has 0 bridgehead atoms. The van der Waals surface area contributed by atoms with Crippen LogP contribution in [0.4, 0.5) is 5.82 Å². The Hall–Kier alpha value is -2.78. The van der Waals surface area contributed by atoms with Gasteiger partial charge >= 0.3 is 0 Å². The van der Waals surface area contributed by atoms with E-state index < -0.39 is 0 Å². The van der Waals surface area contributed by atoms with Gasteiger partial charge < -0.3 is 14.6 Å². The second-order valence-electron chi connectivity index (χ2n) is 6.41. The van der Waals surface area contributed by atoms with Crippen LogP contribution in [-0.4, -0.2) is 32.8 Å². The summed E-state index contributed by atoms with van der Waals surface area (Å²) in [4.78, 5) is 29.1. The van der Waals surface area contributed by atoms with Crippen molar-refractivity contribution in [2.75, 3.05) is 12.4 Å². The Balaban J connectivity index is 1.60. The number of aryl methyl sites for hydroxylation is 2. The maximum atomic E-state index is 13.0. The van der Waals surface area contributed by atoms with E-state index in [9.17, 15) is 4.79 Å². The zero-order chi connectivity index (χ0) is 19.7. The van der Waals surface area contributed by atoms with E-state index in [0.717, 1.165) is 32.3 Å². The molecule has 4 aromatic heterocycles. The average Bonchev–Trinajstić information content (AvgIpc) is 3.41. The van der Waals surface area contributed by atoms with E-state index in [1.807, 2.05) is 31.4 Å². The second-order valence-corrected chi connectivity index (χ2v) is 8.39. The highest BCUT2D eigenvalue weighted by Gasteiger charge is 2.22. The summed E-state index contributed by atoms with van der Waals surface area (Å²) >= 11 is 2.93. The van der Waals surface area contributed by atoms with Gasteiger partial charge in [0.2, 0.25) is 0 Å². The summed E-state index contributed by atoms with van der Waals surface area (Å²) in [6, 6.07) is 3.86. The summed E-state index contributed by atoms with van der Waals surface area (Å²) in [5.74, 6) is 2.36. The molecule has 4 rings (SSSR count). The van der Waals surface area contributed by atoms with Crippen molar-refractivity contribution in [3.05, 3.63) is 57.0 Å². The molecule has 0 saturated carbocycles. The van der Waals surface area contributed by atoms with Crippen molar-refractivity contribution in [1.82, 2.24) is 19.9 Å². The van der Waals surface area contributed by atoms with Crippen LogP contribution >= 0.6 is 22.7 Å². The third kappa shape index (κ3) is 3.63. The lowest BCUT2D eigenvalue weighted by Crippen LogP contribution is -2.25. The molecule has 0 aliphatic carbocycles. The first-order chi connectivity index (χ1) is 13.5. The van der Waals surface area contributed by atoms with E-state index >= 15 is 0 Å². The smallest absolute Gasteiger partial charge is 0.264 e. The third-order valence-electron chi connectivity index (χ3n) is 4.35. The van der Waals surface area contributed by atoms with Gasteiger partial charge in [-0.25, -0.2) is 15.0 Å². The number of nitrogens with zero attached hydrogens (tertiary/aromatic N) is 4. The van der Waals surface area contributed by atoms with Crippen LogP contribution in [0.3, 0.4) is 0 Å². The van der Waals surface area contributed by atoms with E-state index in [1.54, 1.807) is 18.1 Å². The van der Waals surface area contributed by atoms with Gasteiger partial charge in [0, 0.05) is 18.6 Å². The molecule has 7 nitrogen and oxygen atoms in total. The number of rotatable bonds is 6. The molecule has 1 amide bonds.